The van der Waals surface area contributed by atoms with Crippen LogP contribution >= 0.6 is 11.6 Å². The second-order valence-corrected chi connectivity index (χ2v) is 6.90. The molecule has 0 radical (unpaired) electrons. The van der Waals surface area contributed by atoms with Gasteiger partial charge >= 0.3 is 0 Å². The van der Waals surface area contributed by atoms with Gasteiger partial charge in [0.15, 0.2) is 0 Å². The number of nitrogens with zero attached hydrogens (tertiary/aromatic N) is 3. The van der Waals surface area contributed by atoms with Crippen LogP contribution in [-0.2, 0) is 9.53 Å². The third-order valence-corrected chi connectivity index (χ3v) is 4.87. The van der Waals surface area contributed by atoms with E-state index in [-0.39, 0.29) is 17.4 Å². The summed E-state index contributed by atoms with van der Waals surface area (Å²) >= 11 is 6.03. The van der Waals surface area contributed by atoms with E-state index in [4.69, 9.17) is 16.3 Å². The van der Waals surface area contributed by atoms with E-state index in [1.165, 1.54) is 10.7 Å². The first-order valence-corrected chi connectivity index (χ1v) is 9.34. The predicted molar refractivity (Wildman–Crippen MR) is 105 cm³/mol. The Balaban J connectivity index is 1.67. The van der Waals surface area contributed by atoms with Crippen molar-refractivity contribution in [2.75, 3.05) is 38.3 Å². The largest absolute Gasteiger partial charge is 0.383 e. The van der Waals surface area contributed by atoms with Crippen molar-refractivity contribution in [1.29, 1.82) is 0 Å². The van der Waals surface area contributed by atoms with E-state index in [2.05, 4.69) is 15.3 Å². The quantitative estimate of drug-likeness (QED) is 0.762. The van der Waals surface area contributed by atoms with Crippen molar-refractivity contribution < 1.29 is 9.53 Å². The number of hydrogen-bond donors (Lipinski definition) is 1. The van der Waals surface area contributed by atoms with E-state index in [9.17, 15) is 9.59 Å². The van der Waals surface area contributed by atoms with Gasteiger partial charge in [-0.15, -0.1) is 5.10 Å². The van der Waals surface area contributed by atoms with Crippen molar-refractivity contribution in [3.05, 3.63) is 51.8 Å². The molecule has 8 heteroatoms. The van der Waals surface area contributed by atoms with Crippen molar-refractivity contribution in [2.45, 2.75) is 12.8 Å². The third kappa shape index (κ3) is 4.87. The summed E-state index contributed by atoms with van der Waals surface area (Å²) in [6.07, 6.45) is 1.49. The van der Waals surface area contributed by atoms with Gasteiger partial charge in [0.25, 0.3) is 5.56 Å². The summed E-state index contributed by atoms with van der Waals surface area (Å²) in [6.45, 7) is 2.47. The van der Waals surface area contributed by atoms with Gasteiger partial charge in [-0.25, -0.2) is 0 Å². The Bertz CT molecular complexity index is 847. The Labute approximate surface area is 162 Å². The van der Waals surface area contributed by atoms with Crippen LogP contribution in [0.25, 0.3) is 5.69 Å². The Morgan fingerprint density at radius 1 is 1.30 bits per heavy atom. The number of carbonyl (C=O) groups is 1. The lowest BCUT2D eigenvalue weighted by molar-refractivity contribution is -0.125. The van der Waals surface area contributed by atoms with Crippen LogP contribution in [0.4, 0.5) is 5.82 Å². The maximum atomic E-state index is 12.2. The lowest BCUT2D eigenvalue weighted by Crippen LogP contribution is -2.42. The molecule has 1 saturated heterocycles. The second-order valence-electron chi connectivity index (χ2n) is 6.47. The van der Waals surface area contributed by atoms with Crippen LogP contribution in [0, 0.1) is 5.92 Å². The van der Waals surface area contributed by atoms with Crippen molar-refractivity contribution in [1.82, 2.24) is 15.1 Å². The molecular formula is C19H23ClN4O3. The van der Waals surface area contributed by atoms with E-state index in [1.807, 2.05) is 0 Å². The molecule has 3 rings (SSSR count). The lowest BCUT2D eigenvalue weighted by atomic mass is 9.96. The summed E-state index contributed by atoms with van der Waals surface area (Å²) < 4.78 is 6.30. The first-order valence-electron chi connectivity index (χ1n) is 8.96. The van der Waals surface area contributed by atoms with E-state index in [1.54, 1.807) is 37.4 Å². The molecule has 0 saturated carbocycles. The number of halogens is 1. The highest BCUT2D eigenvalue weighted by molar-refractivity contribution is 6.30. The number of anilines is 1. The van der Waals surface area contributed by atoms with Crippen LogP contribution in [0.15, 0.2) is 41.2 Å². The number of ether oxygens (including phenoxy) is 1. The molecule has 0 unspecified atom stereocenters. The molecule has 144 valence electrons. The molecule has 1 N–H and O–H groups in total. The summed E-state index contributed by atoms with van der Waals surface area (Å²) in [5.41, 5.74) is 0.412. The van der Waals surface area contributed by atoms with Gasteiger partial charge in [-0.05, 0) is 37.1 Å². The maximum Gasteiger partial charge on any atom is 0.271 e. The van der Waals surface area contributed by atoms with Gasteiger partial charge < -0.3 is 15.0 Å². The van der Waals surface area contributed by atoms with E-state index >= 15 is 0 Å². The van der Waals surface area contributed by atoms with Gasteiger partial charge in [-0.3, -0.25) is 9.59 Å². The van der Waals surface area contributed by atoms with Crippen LogP contribution in [0.1, 0.15) is 12.8 Å². The lowest BCUT2D eigenvalue weighted by Gasteiger charge is -2.32. The zero-order valence-electron chi connectivity index (χ0n) is 15.2. The zero-order valence-corrected chi connectivity index (χ0v) is 16.0. The molecule has 2 heterocycles. The molecule has 0 bridgehead atoms. The summed E-state index contributed by atoms with van der Waals surface area (Å²) in [5, 5.41) is 7.94. The number of rotatable bonds is 6. The molecule has 2 aromatic rings. The Hall–Kier alpha value is -2.38. The fourth-order valence-electron chi connectivity index (χ4n) is 3.15. The van der Waals surface area contributed by atoms with Crippen molar-refractivity contribution in [3.8, 4) is 5.69 Å². The molecule has 1 aliphatic heterocycles. The van der Waals surface area contributed by atoms with E-state index in [0.29, 0.717) is 42.8 Å². The van der Waals surface area contributed by atoms with Gasteiger partial charge in [0.1, 0.15) is 5.82 Å². The summed E-state index contributed by atoms with van der Waals surface area (Å²) in [4.78, 5) is 26.5. The highest BCUT2D eigenvalue weighted by Crippen LogP contribution is 2.22. The molecule has 0 aliphatic carbocycles. The minimum absolute atomic E-state index is 0.00283. The molecule has 27 heavy (non-hydrogen) atoms. The topological polar surface area (TPSA) is 76.5 Å². The van der Waals surface area contributed by atoms with Crippen molar-refractivity contribution >= 4 is 23.3 Å². The SMILES string of the molecule is COCCNC(=O)C1CCN(c2ccc(=O)n(-c3cccc(Cl)c3)n2)CC1. The second kappa shape index (κ2) is 9.01. The van der Waals surface area contributed by atoms with E-state index < -0.39 is 0 Å². The smallest absolute Gasteiger partial charge is 0.271 e. The highest BCUT2D eigenvalue weighted by Gasteiger charge is 2.25. The normalized spacial score (nSPS) is 15.0. The zero-order chi connectivity index (χ0) is 19.2. The molecule has 7 nitrogen and oxygen atoms in total. The number of nitrogens with one attached hydrogen (secondary N) is 1. The Morgan fingerprint density at radius 2 is 2.07 bits per heavy atom. The molecule has 1 fully saturated rings. The van der Waals surface area contributed by atoms with Crippen LogP contribution in [0.2, 0.25) is 5.02 Å². The van der Waals surface area contributed by atoms with Gasteiger partial charge in [0.05, 0.1) is 12.3 Å². The van der Waals surface area contributed by atoms with Crippen molar-refractivity contribution in [3.63, 3.8) is 0 Å². The number of carbonyl (C=O) groups excluding carboxylic acids is 1. The number of aromatic nitrogens is 2. The fourth-order valence-corrected chi connectivity index (χ4v) is 3.34. The van der Waals surface area contributed by atoms with Gasteiger partial charge in [0, 0.05) is 43.8 Å². The molecule has 1 amide bonds. The first kappa shape index (κ1) is 19.4. The summed E-state index contributed by atoms with van der Waals surface area (Å²) in [5.74, 6) is 0.785. The molecule has 0 spiro atoms. The van der Waals surface area contributed by atoms with Crippen LogP contribution < -0.4 is 15.8 Å². The third-order valence-electron chi connectivity index (χ3n) is 4.63. The van der Waals surface area contributed by atoms with Crippen LogP contribution in [0.3, 0.4) is 0 Å². The minimum Gasteiger partial charge on any atom is -0.383 e. The van der Waals surface area contributed by atoms with Gasteiger partial charge in [-0.1, -0.05) is 17.7 Å². The maximum absolute atomic E-state index is 12.2. The highest BCUT2D eigenvalue weighted by atomic mass is 35.5. The van der Waals surface area contributed by atoms with Gasteiger partial charge in [0.2, 0.25) is 5.91 Å². The summed E-state index contributed by atoms with van der Waals surface area (Å²) in [7, 11) is 1.61. The van der Waals surface area contributed by atoms with Crippen LogP contribution in [-0.4, -0.2) is 49.0 Å². The number of methoxy groups -OCH3 is 1. The molecule has 0 atom stereocenters. The molecular weight excluding hydrogens is 368 g/mol. The Morgan fingerprint density at radius 3 is 2.78 bits per heavy atom. The van der Waals surface area contributed by atoms with Crippen molar-refractivity contribution in [2.24, 2.45) is 5.92 Å². The number of amides is 1. The standard InChI is InChI=1S/C19H23ClN4O3/c1-27-12-9-21-19(26)14-7-10-23(11-8-14)17-5-6-18(25)24(22-17)16-4-2-3-15(20)13-16/h2-6,13-14H,7-12H2,1H3,(H,21,26). The molecule has 1 aromatic carbocycles. The average molecular weight is 391 g/mol. The average Bonchev–Trinajstić information content (AvgIpc) is 2.68. The number of hydrogen-bond acceptors (Lipinski definition) is 5. The number of benzene rings is 1. The minimum atomic E-state index is -0.214. The first-order chi connectivity index (χ1) is 13.1. The number of piperidine rings is 1. The van der Waals surface area contributed by atoms with Crippen LogP contribution in [0.5, 0.6) is 0 Å². The molecule has 1 aliphatic rings. The van der Waals surface area contributed by atoms with E-state index in [0.717, 1.165) is 12.8 Å². The van der Waals surface area contributed by atoms with Gasteiger partial charge in [-0.2, -0.15) is 4.68 Å². The predicted octanol–water partition coefficient (Wildman–Crippen LogP) is 1.86. The monoisotopic (exact) mass is 390 g/mol. The summed E-state index contributed by atoms with van der Waals surface area (Å²) in [6, 6.07) is 10.3. The Kier molecular flexibility index (Phi) is 6.47. The fraction of sp³-hybridized carbons (Fsp3) is 0.421. The molecule has 1 aromatic heterocycles.